The molecular formula is C24H29FN2O4. The molecule has 2 N–H and O–H groups in total. The largest absolute Gasteiger partial charge is 0.445 e. The molecule has 31 heavy (non-hydrogen) atoms. The van der Waals surface area contributed by atoms with Crippen molar-refractivity contribution in [1.82, 2.24) is 5.32 Å². The Morgan fingerprint density at radius 1 is 1.16 bits per heavy atom. The summed E-state index contributed by atoms with van der Waals surface area (Å²) in [6.45, 7) is 9.64. The molecule has 0 saturated carbocycles. The Morgan fingerprint density at radius 2 is 1.84 bits per heavy atom. The molecule has 1 unspecified atom stereocenters. The van der Waals surface area contributed by atoms with Crippen molar-refractivity contribution in [3.8, 4) is 0 Å². The highest BCUT2D eigenvalue weighted by molar-refractivity contribution is 5.97. The summed E-state index contributed by atoms with van der Waals surface area (Å²) in [5, 5.41) is 5.21. The number of amides is 2. The van der Waals surface area contributed by atoms with Crippen LogP contribution in [0.2, 0.25) is 0 Å². The van der Waals surface area contributed by atoms with E-state index < -0.39 is 23.9 Å². The summed E-state index contributed by atoms with van der Waals surface area (Å²) >= 11 is 0. The van der Waals surface area contributed by atoms with Gasteiger partial charge in [0.25, 0.3) is 5.91 Å². The predicted octanol–water partition coefficient (Wildman–Crippen LogP) is 4.86. The fourth-order valence-electron chi connectivity index (χ4n) is 2.98. The van der Waals surface area contributed by atoms with E-state index in [9.17, 15) is 14.0 Å². The van der Waals surface area contributed by atoms with Gasteiger partial charge in [0.2, 0.25) is 0 Å². The number of nitrogens with one attached hydrogen (secondary N) is 2. The number of anilines is 1. The molecule has 0 fully saturated rings. The first kappa shape index (κ1) is 24.1. The highest BCUT2D eigenvalue weighted by Gasteiger charge is 2.25. The van der Waals surface area contributed by atoms with Crippen molar-refractivity contribution in [3.05, 3.63) is 77.6 Å². The maximum Gasteiger partial charge on any atom is 0.408 e. The topological polar surface area (TPSA) is 76.7 Å². The van der Waals surface area contributed by atoms with Gasteiger partial charge < -0.3 is 20.1 Å². The number of hydrogen-bond acceptors (Lipinski definition) is 4. The van der Waals surface area contributed by atoms with Gasteiger partial charge in [-0.3, -0.25) is 4.79 Å². The number of benzene rings is 2. The van der Waals surface area contributed by atoms with E-state index in [1.54, 1.807) is 43.5 Å². The Bertz CT molecular complexity index is 920. The van der Waals surface area contributed by atoms with Crippen LogP contribution in [0, 0.1) is 5.82 Å². The van der Waals surface area contributed by atoms with Crippen molar-refractivity contribution in [1.29, 1.82) is 0 Å². The van der Waals surface area contributed by atoms with Crippen molar-refractivity contribution >= 4 is 17.7 Å². The van der Waals surface area contributed by atoms with Gasteiger partial charge in [-0.1, -0.05) is 63.8 Å². The van der Waals surface area contributed by atoms with Crippen LogP contribution in [0.15, 0.2) is 55.1 Å². The SMILES string of the molecule is C=CCOC(=O)NC(C(=O)Nc1ccc(C(C)(C)C)c(F)c1)c1ccc(COC)cc1. The summed E-state index contributed by atoms with van der Waals surface area (Å²) in [5.74, 6) is -0.943. The van der Waals surface area contributed by atoms with Gasteiger partial charge in [0, 0.05) is 12.8 Å². The molecule has 2 aromatic rings. The summed E-state index contributed by atoms with van der Waals surface area (Å²) in [6, 6.07) is 10.5. The lowest BCUT2D eigenvalue weighted by molar-refractivity contribution is -0.118. The molecule has 0 heterocycles. The van der Waals surface area contributed by atoms with E-state index in [1.165, 1.54) is 12.1 Å². The third-order valence-electron chi connectivity index (χ3n) is 4.53. The van der Waals surface area contributed by atoms with E-state index in [2.05, 4.69) is 17.2 Å². The average molecular weight is 429 g/mol. The second kappa shape index (κ2) is 10.7. The Balaban J connectivity index is 2.25. The molecule has 166 valence electrons. The van der Waals surface area contributed by atoms with Crippen molar-refractivity contribution in [2.75, 3.05) is 19.0 Å². The van der Waals surface area contributed by atoms with E-state index in [0.717, 1.165) is 5.56 Å². The van der Waals surface area contributed by atoms with Crippen molar-refractivity contribution in [2.24, 2.45) is 0 Å². The highest BCUT2D eigenvalue weighted by Crippen LogP contribution is 2.27. The van der Waals surface area contributed by atoms with Gasteiger partial charge in [0.15, 0.2) is 0 Å². The molecule has 0 aromatic heterocycles. The number of carbonyl (C=O) groups excluding carboxylic acids is 2. The van der Waals surface area contributed by atoms with E-state index in [4.69, 9.17) is 9.47 Å². The molecule has 0 aliphatic heterocycles. The van der Waals surface area contributed by atoms with Gasteiger partial charge in [-0.25, -0.2) is 9.18 Å². The molecule has 6 nitrogen and oxygen atoms in total. The normalized spacial score (nSPS) is 12.0. The molecule has 1 atom stereocenters. The smallest absolute Gasteiger partial charge is 0.408 e. The van der Waals surface area contributed by atoms with Gasteiger partial charge in [0.1, 0.15) is 18.5 Å². The van der Waals surface area contributed by atoms with Crippen LogP contribution >= 0.6 is 0 Å². The van der Waals surface area contributed by atoms with Crippen LogP contribution in [0.5, 0.6) is 0 Å². The number of rotatable bonds is 8. The molecule has 0 spiro atoms. The number of carbonyl (C=O) groups is 2. The van der Waals surface area contributed by atoms with E-state index in [-0.39, 0.29) is 17.7 Å². The summed E-state index contributed by atoms with van der Waals surface area (Å²) in [6.07, 6.45) is 0.656. The van der Waals surface area contributed by atoms with Gasteiger partial charge in [-0.15, -0.1) is 0 Å². The van der Waals surface area contributed by atoms with Crippen LogP contribution < -0.4 is 10.6 Å². The van der Waals surface area contributed by atoms with E-state index >= 15 is 0 Å². The molecular weight excluding hydrogens is 399 g/mol. The van der Waals surface area contributed by atoms with Crippen LogP contribution in [-0.2, 0) is 26.3 Å². The Labute approximate surface area is 182 Å². The molecule has 2 rings (SSSR count). The van der Waals surface area contributed by atoms with Gasteiger partial charge in [-0.2, -0.15) is 0 Å². The van der Waals surface area contributed by atoms with Crippen molar-refractivity contribution < 1.29 is 23.5 Å². The van der Waals surface area contributed by atoms with Gasteiger partial charge in [0.05, 0.1) is 6.61 Å². The zero-order chi connectivity index (χ0) is 23.0. The Hall–Kier alpha value is -3.19. The fraction of sp³-hybridized carbons (Fsp3) is 0.333. The second-order valence-electron chi connectivity index (χ2n) is 8.07. The van der Waals surface area contributed by atoms with Gasteiger partial charge >= 0.3 is 6.09 Å². The molecule has 2 amide bonds. The average Bonchev–Trinajstić information content (AvgIpc) is 2.70. The molecule has 0 aliphatic rings. The zero-order valence-corrected chi connectivity index (χ0v) is 18.3. The summed E-state index contributed by atoms with van der Waals surface area (Å²) in [7, 11) is 1.59. The monoisotopic (exact) mass is 428 g/mol. The summed E-state index contributed by atoms with van der Waals surface area (Å²) < 4.78 is 24.6. The zero-order valence-electron chi connectivity index (χ0n) is 18.3. The number of methoxy groups -OCH3 is 1. The van der Waals surface area contributed by atoms with Crippen LogP contribution in [0.4, 0.5) is 14.9 Å². The first-order valence-corrected chi connectivity index (χ1v) is 9.88. The van der Waals surface area contributed by atoms with Crippen LogP contribution in [0.1, 0.15) is 43.5 Å². The molecule has 0 bridgehead atoms. The minimum Gasteiger partial charge on any atom is -0.445 e. The van der Waals surface area contributed by atoms with Crippen LogP contribution in [-0.4, -0.2) is 25.7 Å². The van der Waals surface area contributed by atoms with Crippen LogP contribution in [0.25, 0.3) is 0 Å². The number of alkyl carbamates (subject to hydrolysis) is 1. The molecule has 0 saturated heterocycles. The van der Waals surface area contributed by atoms with Crippen molar-refractivity contribution in [2.45, 2.75) is 38.8 Å². The standard InChI is InChI=1S/C24H29FN2O4/c1-6-13-31-23(29)27-21(17-9-7-16(8-10-17)15-30-5)22(28)26-18-11-12-19(20(25)14-18)24(2,3)4/h6-12,14,21H,1,13,15H2,2-5H3,(H,26,28)(H,27,29). The first-order valence-electron chi connectivity index (χ1n) is 9.88. The number of halogens is 1. The molecule has 0 aliphatic carbocycles. The summed E-state index contributed by atoms with van der Waals surface area (Å²) in [4.78, 5) is 25.1. The maximum atomic E-state index is 14.5. The quantitative estimate of drug-likeness (QED) is 0.589. The summed E-state index contributed by atoms with van der Waals surface area (Å²) in [5.41, 5.74) is 1.93. The second-order valence-corrected chi connectivity index (χ2v) is 8.07. The number of ether oxygens (including phenoxy) is 2. The molecule has 2 aromatic carbocycles. The minimum absolute atomic E-state index is 0.00637. The minimum atomic E-state index is -1.04. The number of hydrogen-bond donors (Lipinski definition) is 2. The Morgan fingerprint density at radius 3 is 2.39 bits per heavy atom. The Kier molecular flexibility index (Phi) is 8.33. The van der Waals surface area contributed by atoms with Crippen molar-refractivity contribution in [3.63, 3.8) is 0 Å². The third-order valence-corrected chi connectivity index (χ3v) is 4.53. The van der Waals surface area contributed by atoms with E-state index in [0.29, 0.717) is 17.7 Å². The maximum absolute atomic E-state index is 14.5. The fourth-order valence-corrected chi connectivity index (χ4v) is 2.98. The molecule has 7 heteroatoms. The molecule has 0 radical (unpaired) electrons. The third kappa shape index (κ3) is 6.93. The highest BCUT2D eigenvalue weighted by atomic mass is 19.1. The first-order chi connectivity index (χ1) is 14.7. The predicted molar refractivity (Wildman–Crippen MR) is 118 cm³/mol. The van der Waals surface area contributed by atoms with Crippen LogP contribution in [0.3, 0.4) is 0 Å². The van der Waals surface area contributed by atoms with E-state index in [1.807, 2.05) is 20.8 Å². The lowest BCUT2D eigenvalue weighted by Gasteiger charge is -2.21. The lowest BCUT2D eigenvalue weighted by Crippen LogP contribution is -2.37. The lowest BCUT2D eigenvalue weighted by atomic mass is 9.86. The van der Waals surface area contributed by atoms with Gasteiger partial charge in [-0.05, 0) is 34.2 Å².